The van der Waals surface area contributed by atoms with Crippen molar-refractivity contribution in [3.05, 3.63) is 23.2 Å². The molecular formula is C14H20ClNO2. The maximum atomic E-state index is 9.47. The van der Waals surface area contributed by atoms with Gasteiger partial charge in [0.05, 0.1) is 18.9 Å². The molecule has 1 aliphatic rings. The third-order valence-corrected chi connectivity index (χ3v) is 3.79. The first-order valence-corrected chi connectivity index (χ1v) is 6.82. The van der Waals surface area contributed by atoms with Crippen molar-refractivity contribution in [2.75, 3.05) is 19.0 Å². The molecule has 0 bridgehead atoms. The zero-order valence-electron chi connectivity index (χ0n) is 10.7. The maximum Gasteiger partial charge on any atom is 0.142 e. The molecule has 0 saturated heterocycles. The molecule has 18 heavy (non-hydrogen) atoms. The second kappa shape index (κ2) is 6.30. The molecule has 0 amide bonds. The molecule has 1 aliphatic carbocycles. The lowest BCUT2D eigenvalue weighted by molar-refractivity contribution is 0.111. The summed E-state index contributed by atoms with van der Waals surface area (Å²) in [6.07, 6.45) is 3.90. The molecule has 0 spiro atoms. The summed E-state index contributed by atoms with van der Waals surface area (Å²) in [5.41, 5.74) is 0.941. The van der Waals surface area contributed by atoms with Gasteiger partial charge in [-0.3, -0.25) is 0 Å². The van der Waals surface area contributed by atoms with E-state index in [9.17, 15) is 5.11 Å². The summed E-state index contributed by atoms with van der Waals surface area (Å²) in [6, 6.07) is 5.58. The predicted molar refractivity (Wildman–Crippen MR) is 74.5 cm³/mol. The highest BCUT2D eigenvalue weighted by atomic mass is 35.5. The summed E-state index contributed by atoms with van der Waals surface area (Å²) < 4.78 is 5.30. The number of rotatable bonds is 4. The molecule has 1 aromatic carbocycles. The number of methoxy groups -OCH3 is 1. The first kappa shape index (κ1) is 13.5. The van der Waals surface area contributed by atoms with Gasteiger partial charge >= 0.3 is 0 Å². The first-order valence-electron chi connectivity index (χ1n) is 6.44. The minimum atomic E-state index is -0.0954. The molecule has 0 heterocycles. The quantitative estimate of drug-likeness (QED) is 0.881. The highest BCUT2D eigenvalue weighted by molar-refractivity contribution is 6.30. The number of anilines is 1. The van der Waals surface area contributed by atoms with E-state index in [2.05, 4.69) is 5.32 Å². The number of halogens is 1. The van der Waals surface area contributed by atoms with Crippen molar-refractivity contribution >= 4 is 17.3 Å². The Kier molecular flexibility index (Phi) is 4.72. The molecule has 0 aromatic heterocycles. The van der Waals surface area contributed by atoms with Crippen molar-refractivity contribution in [1.82, 2.24) is 0 Å². The molecule has 100 valence electrons. The van der Waals surface area contributed by atoms with E-state index in [1.807, 2.05) is 18.2 Å². The minimum Gasteiger partial charge on any atom is -0.495 e. The third kappa shape index (κ3) is 3.53. The summed E-state index contributed by atoms with van der Waals surface area (Å²) in [4.78, 5) is 0. The van der Waals surface area contributed by atoms with Crippen molar-refractivity contribution in [3.8, 4) is 5.75 Å². The minimum absolute atomic E-state index is 0.0954. The van der Waals surface area contributed by atoms with Gasteiger partial charge in [0.2, 0.25) is 0 Å². The van der Waals surface area contributed by atoms with Gasteiger partial charge in [-0.2, -0.15) is 0 Å². The molecule has 4 heteroatoms. The van der Waals surface area contributed by atoms with Crippen LogP contribution in [0.25, 0.3) is 0 Å². The van der Waals surface area contributed by atoms with E-state index in [1.165, 1.54) is 0 Å². The fraction of sp³-hybridized carbons (Fsp3) is 0.571. The summed E-state index contributed by atoms with van der Waals surface area (Å²) in [5.74, 6) is 1.44. The van der Waals surface area contributed by atoms with Crippen LogP contribution >= 0.6 is 11.6 Å². The number of hydrogen-bond donors (Lipinski definition) is 2. The van der Waals surface area contributed by atoms with E-state index >= 15 is 0 Å². The fourth-order valence-electron chi connectivity index (χ4n) is 2.42. The van der Waals surface area contributed by atoms with Crippen molar-refractivity contribution in [1.29, 1.82) is 0 Å². The van der Waals surface area contributed by atoms with E-state index in [1.54, 1.807) is 7.11 Å². The molecule has 3 nitrogen and oxygen atoms in total. The molecule has 1 fully saturated rings. The van der Waals surface area contributed by atoms with Crippen LogP contribution < -0.4 is 10.1 Å². The van der Waals surface area contributed by atoms with Crippen LogP contribution in [-0.2, 0) is 0 Å². The van der Waals surface area contributed by atoms with Gasteiger partial charge < -0.3 is 15.2 Å². The van der Waals surface area contributed by atoms with Crippen LogP contribution in [0, 0.1) is 5.92 Å². The lowest BCUT2D eigenvalue weighted by Crippen LogP contribution is -2.23. The van der Waals surface area contributed by atoms with Crippen LogP contribution in [-0.4, -0.2) is 24.9 Å². The highest BCUT2D eigenvalue weighted by Crippen LogP contribution is 2.29. The second-order valence-electron chi connectivity index (χ2n) is 4.90. The fourth-order valence-corrected chi connectivity index (χ4v) is 2.59. The average molecular weight is 270 g/mol. The van der Waals surface area contributed by atoms with E-state index in [-0.39, 0.29) is 6.10 Å². The summed E-state index contributed by atoms with van der Waals surface area (Å²) in [7, 11) is 1.66. The van der Waals surface area contributed by atoms with E-state index in [0.29, 0.717) is 10.9 Å². The predicted octanol–water partition coefficient (Wildman–Crippen LogP) is 3.31. The van der Waals surface area contributed by atoms with Gasteiger partial charge in [0.15, 0.2) is 0 Å². The zero-order valence-corrected chi connectivity index (χ0v) is 11.4. The lowest BCUT2D eigenvalue weighted by atomic mass is 9.87. The van der Waals surface area contributed by atoms with Gasteiger partial charge in [0.1, 0.15) is 5.75 Å². The van der Waals surface area contributed by atoms with Crippen LogP contribution in [0.4, 0.5) is 5.69 Å². The van der Waals surface area contributed by atoms with Gasteiger partial charge in [-0.15, -0.1) is 0 Å². The van der Waals surface area contributed by atoms with Crippen molar-refractivity contribution in [2.24, 2.45) is 5.92 Å². The molecule has 0 unspecified atom stereocenters. The first-order chi connectivity index (χ1) is 8.69. The van der Waals surface area contributed by atoms with E-state index in [4.69, 9.17) is 16.3 Å². The second-order valence-corrected chi connectivity index (χ2v) is 5.34. The number of aliphatic hydroxyl groups excluding tert-OH is 1. The lowest BCUT2D eigenvalue weighted by Gasteiger charge is -2.26. The van der Waals surface area contributed by atoms with Gasteiger partial charge in [-0.1, -0.05) is 11.6 Å². The summed E-state index contributed by atoms with van der Waals surface area (Å²) in [5, 5.41) is 13.6. The van der Waals surface area contributed by atoms with Crippen molar-refractivity contribution in [2.45, 2.75) is 31.8 Å². The molecule has 0 atom stereocenters. The molecule has 1 saturated carbocycles. The smallest absolute Gasteiger partial charge is 0.142 e. The van der Waals surface area contributed by atoms with Crippen LogP contribution in [0.15, 0.2) is 18.2 Å². The topological polar surface area (TPSA) is 41.5 Å². The van der Waals surface area contributed by atoms with Crippen molar-refractivity contribution in [3.63, 3.8) is 0 Å². The molecule has 2 N–H and O–H groups in total. The maximum absolute atomic E-state index is 9.47. The highest BCUT2D eigenvalue weighted by Gasteiger charge is 2.19. The monoisotopic (exact) mass is 269 g/mol. The SMILES string of the molecule is COc1ccc(Cl)cc1NCC1CCC(O)CC1. The van der Waals surface area contributed by atoms with E-state index in [0.717, 1.165) is 43.7 Å². The average Bonchev–Trinajstić information content (AvgIpc) is 2.38. The van der Waals surface area contributed by atoms with Crippen LogP contribution in [0.3, 0.4) is 0 Å². The number of nitrogens with one attached hydrogen (secondary N) is 1. The largest absolute Gasteiger partial charge is 0.495 e. The van der Waals surface area contributed by atoms with Crippen LogP contribution in [0.2, 0.25) is 5.02 Å². The summed E-state index contributed by atoms with van der Waals surface area (Å²) >= 11 is 5.99. The Morgan fingerprint density at radius 3 is 2.72 bits per heavy atom. The molecular weight excluding hydrogens is 250 g/mol. The zero-order chi connectivity index (χ0) is 13.0. The Balaban J connectivity index is 1.91. The van der Waals surface area contributed by atoms with Gasteiger partial charge in [0.25, 0.3) is 0 Å². The van der Waals surface area contributed by atoms with Gasteiger partial charge in [0, 0.05) is 11.6 Å². The Hall–Kier alpha value is -0.930. The Morgan fingerprint density at radius 2 is 2.06 bits per heavy atom. The molecule has 2 rings (SSSR count). The normalized spacial score (nSPS) is 23.7. The van der Waals surface area contributed by atoms with Crippen molar-refractivity contribution < 1.29 is 9.84 Å². The number of ether oxygens (including phenoxy) is 1. The Morgan fingerprint density at radius 1 is 1.33 bits per heavy atom. The Labute approximate surface area is 113 Å². The number of aliphatic hydroxyl groups is 1. The van der Waals surface area contributed by atoms with Gasteiger partial charge in [-0.05, 0) is 49.8 Å². The standard InChI is InChI=1S/C14H20ClNO2/c1-18-14-7-4-11(15)8-13(14)16-9-10-2-5-12(17)6-3-10/h4,7-8,10,12,16-17H,2-3,5-6,9H2,1H3. The summed E-state index contributed by atoms with van der Waals surface area (Å²) in [6.45, 7) is 0.906. The molecule has 0 aliphatic heterocycles. The number of hydrogen-bond acceptors (Lipinski definition) is 3. The molecule has 0 radical (unpaired) electrons. The van der Waals surface area contributed by atoms with E-state index < -0.39 is 0 Å². The van der Waals surface area contributed by atoms with Crippen LogP contribution in [0.1, 0.15) is 25.7 Å². The van der Waals surface area contributed by atoms with Gasteiger partial charge in [-0.25, -0.2) is 0 Å². The number of benzene rings is 1. The molecule has 1 aromatic rings. The third-order valence-electron chi connectivity index (χ3n) is 3.56. The Bertz CT molecular complexity index is 389. The van der Waals surface area contributed by atoms with Crippen LogP contribution in [0.5, 0.6) is 5.75 Å².